The van der Waals surface area contributed by atoms with Crippen LogP contribution in [-0.2, 0) is 16.0 Å². The number of ether oxygens (including phenoxy) is 2. The summed E-state index contributed by atoms with van der Waals surface area (Å²) in [6.07, 6.45) is 1.91. The number of aliphatic hydroxyl groups excluding tert-OH is 1. The Balaban J connectivity index is 2.75. The smallest absolute Gasteiger partial charge is 0.339 e. The van der Waals surface area contributed by atoms with Crippen molar-refractivity contribution >= 4 is 32.0 Å². The summed E-state index contributed by atoms with van der Waals surface area (Å²) in [6, 6.07) is 1.76. The van der Waals surface area contributed by atoms with Gasteiger partial charge in [-0.2, -0.15) is 4.98 Å². The molecule has 0 saturated carbocycles. The molecule has 1 heterocycles. The van der Waals surface area contributed by atoms with Crippen molar-refractivity contribution in [2.24, 2.45) is 5.92 Å². The minimum Gasteiger partial charge on any atom is -0.543 e. The zero-order valence-corrected chi connectivity index (χ0v) is 26.9. The molecule has 2 aromatic rings. The lowest BCUT2D eigenvalue weighted by Gasteiger charge is -2.43. The average Bonchev–Trinajstić information content (AvgIpc) is 3.31. The zero-order valence-electron chi connectivity index (χ0n) is 25.0. The molecule has 12 heteroatoms. The first-order chi connectivity index (χ1) is 18.7. The number of hydrogen-bond acceptors (Lipinski definition) is 10. The van der Waals surface area contributed by atoms with E-state index < -0.39 is 32.2 Å². The maximum atomic E-state index is 13.5. The van der Waals surface area contributed by atoms with E-state index in [9.17, 15) is 14.7 Å². The second-order valence-electron chi connectivity index (χ2n) is 10.8. The van der Waals surface area contributed by atoms with E-state index in [1.807, 2.05) is 0 Å². The zero-order chi connectivity index (χ0) is 30.3. The van der Waals surface area contributed by atoms with E-state index >= 15 is 0 Å². The van der Waals surface area contributed by atoms with Gasteiger partial charge in [-0.1, -0.05) is 45.5 Å². The number of nitrogens with one attached hydrogen (secondary N) is 1. The summed E-state index contributed by atoms with van der Waals surface area (Å²) in [5.74, 6) is 1.43. The van der Waals surface area contributed by atoms with Crippen molar-refractivity contribution in [1.29, 1.82) is 0 Å². The Morgan fingerprint density at radius 3 is 2.48 bits per heavy atom. The fourth-order valence-electron chi connectivity index (χ4n) is 3.98. The molecule has 0 fully saturated rings. The molecule has 1 atom stereocenters. The van der Waals surface area contributed by atoms with Crippen LogP contribution in [0.2, 0.25) is 18.1 Å². The van der Waals surface area contributed by atoms with E-state index in [1.54, 1.807) is 19.9 Å². The minimum atomic E-state index is -2.51. The van der Waals surface area contributed by atoms with Crippen LogP contribution in [0.15, 0.2) is 23.2 Å². The number of carbonyl (C=O) groups is 2. The number of benzene rings is 1. The Bertz CT molecular complexity index is 1200. The van der Waals surface area contributed by atoms with Crippen LogP contribution in [0.5, 0.6) is 11.5 Å². The van der Waals surface area contributed by atoms with Crippen LogP contribution in [0.25, 0.3) is 0 Å². The molecule has 0 aliphatic carbocycles. The summed E-state index contributed by atoms with van der Waals surface area (Å²) in [7, 11) is -0.981. The molecule has 0 aliphatic heterocycles. The third-order valence-corrected chi connectivity index (χ3v) is 13.1. The molecular formula is C28H43N3O7SSi. The first kappa shape index (κ1) is 33.4. The molecule has 0 aliphatic rings. The predicted molar refractivity (Wildman–Crippen MR) is 158 cm³/mol. The third kappa shape index (κ3) is 7.88. The molecule has 0 bridgehead atoms. The number of rotatable bonds is 15. The van der Waals surface area contributed by atoms with Gasteiger partial charge >= 0.3 is 5.97 Å². The Labute approximate surface area is 242 Å². The van der Waals surface area contributed by atoms with Crippen molar-refractivity contribution in [3.05, 3.63) is 47.1 Å². The van der Waals surface area contributed by atoms with Crippen LogP contribution >= 0.6 is 11.8 Å². The van der Waals surface area contributed by atoms with Crippen LogP contribution in [0, 0.1) is 19.8 Å². The predicted octanol–water partition coefficient (Wildman–Crippen LogP) is 5.14. The van der Waals surface area contributed by atoms with Crippen LogP contribution in [0.4, 0.5) is 0 Å². The number of nitrogens with zero attached hydrogens (tertiary/aromatic N) is 2. The van der Waals surface area contributed by atoms with Crippen molar-refractivity contribution in [1.82, 2.24) is 15.5 Å². The Morgan fingerprint density at radius 2 is 1.95 bits per heavy atom. The van der Waals surface area contributed by atoms with E-state index in [0.717, 1.165) is 0 Å². The molecular weight excluding hydrogens is 550 g/mol. The second kappa shape index (κ2) is 14.2. The Kier molecular flexibility index (Phi) is 11.8. The van der Waals surface area contributed by atoms with Crippen molar-refractivity contribution < 1.29 is 33.1 Å². The molecule has 40 heavy (non-hydrogen) atoms. The number of hydrogen-bond donors (Lipinski definition) is 2. The second-order valence-corrected chi connectivity index (χ2v) is 16.6. The average molecular weight is 594 g/mol. The summed E-state index contributed by atoms with van der Waals surface area (Å²) in [5, 5.41) is 15.3. The molecule has 0 saturated heterocycles. The number of aliphatic hydroxyl groups is 1. The van der Waals surface area contributed by atoms with E-state index in [2.05, 4.69) is 62.8 Å². The summed E-state index contributed by atoms with van der Waals surface area (Å²) in [4.78, 5) is 30.3. The highest BCUT2D eigenvalue weighted by Gasteiger charge is 2.46. The van der Waals surface area contributed by atoms with Gasteiger partial charge in [0.05, 0.1) is 12.7 Å². The molecule has 1 aromatic carbocycles. The Hall–Kier alpha value is -2.83. The summed E-state index contributed by atoms with van der Waals surface area (Å²) < 4.78 is 23.3. The summed E-state index contributed by atoms with van der Waals surface area (Å²) >= 11 is 1.35. The van der Waals surface area contributed by atoms with Gasteiger partial charge in [0.2, 0.25) is 11.8 Å². The van der Waals surface area contributed by atoms with Crippen LogP contribution in [-0.4, -0.2) is 61.5 Å². The van der Waals surface area contributed by atoms with Gasteiger partial charge in [0.15, 0.2) is 5.82 Å². The number of aryl methyl sites for hydroxylation is 2. The lowest BCUT2D eigenvalue weighted by atomic mass is 9.99. The van der Waals surface area contributed by atoms with E-state index in [1.165, 1.54) is 24.9 Å². The molecule has 2 rings (SSSR count). The SMILES string of the molecule is C=CCOC(=O)c1c(C)c(OC)cc(O[Si](C)(C)C(C)(C)C(C)C)c1C(NC(=O)CO)SCCc1nc(C)no1. The molecule has 0 radical (unpaired) electrons. The highest BCUT2D eigenvalue weighted by Crippen LogP contribution is 2.48. The summed E-state index contributed by atoms with van der Waals surface area (Å²) in [5.41, 5.74) is 1.21. The molecule has 1 unspecified atom stereocenters. The fraction of sp³-hybridized carbons (Fsp3) is 0.571. The fourth-order valence-corrected chi connectivity index (χ4v) is 7.49. The van der Waals surface area contributed by atoms with Crippen LogP contribution in [0.1, 0.15) is 66.3 Å². The van der Waals surface area contributed by atoms with Gasteiger partial charge < -0.3 is 28.8 Å². The van der Waals surface area contributed by atoms with Crippen LogP contribution < -0.4 is 14.5 Å². The third-order valence-electron chi connectivity index (χ3n) is 7.53. The molecule has 222 valence electrons. The monoisotopic (exact) mass is 593 g/mol. The van der Waals surface area contributed by atoms with Crippen molar-refractivity contribution in [3.8, 4) is 11.5 Å². The topological polar surface area (TPSA) is 133 Å². The van der Waals surface area contributed by atoms with E-state index in [-0.39, 0.29) is 17.2 Å². The van der Waals surface area contributed by atoms with Crippen molar-refractivity contribution in [3.63, 3.8) is 0 Å². The quantitative estimate of drug-likeness (QED) is 0.124. The van der Waals surface area contributed by atoms with Crippen LogP contribution in [0.3, 0.4) is 0 Å². The number of thioether (sulfide) groups is 1. The van der Waals surface area contributed by atoms with Gasteiger partial charge in [0, 0.05) is 29.4 Å². The molecule has 1 amide bonds. The van der Waals surface area contributed by atoms with E-state index in [0.29, 0.717) is 52.4 Å². The number of esters is 1. The number of carbonyl (C=O) groups excluding carboxylic acids is 2. The van der Waals surface area contributed by atoms with Gasteiger partial charge in [-0.3, -0.25) is 4.79 Å². The van der Waals surface area contributed by atoms with Crippen molar-refractivity contribution in [2.75, 3.05) is 26.1 Å². The minimum absolute atomic E-state index is 0.00304. The highest BCUT2D eigenvalue weighted by atomic mass is 32.2. The lowest BCUT2D eigenvalue weighted by Crippen LogP contribution is -2.48. The van der Waals surface area contributed by atoms with Gasteiger partial charge in [-0.05, 0) is 37.9 Å². The number of aromatic nitrogens is 2. The maximum Gasteiger partial charge on any atom is 0.339 e. The molecule has 10 nitrogen and oxygen atoms in total. The van der Waals surface area contributed by atoms with Gasteiger partial charge in [0.25, 0.3) is 8.32 Å². The molecule has 1 aromatic heterocycles. The summed E-state index contributed by atoms with van der Waals surface area (Å²) in [6.45, 7) is 19.4. The maximum absolute atomic E-state index is 13.5. The van der Waals surface area contributed by atoms with Gasteiger partial charge in [-0.15, -0.1) is 11.8 Å². The van der Waals surface area contributed by atoms with Gasteiger partial charge in [0.1, 0.15) is 30.1 Å². The normalized spacial score (nSPS) is 12.7. The first-order valence-electron chi connectivity index (χ1n) is 13.2. The molecule has 0 spiro atoms. The highest BCUT2D eigenvalue weighted by molar-refractivity contribution is 7.99. The molecule has 2 N–H and O–H groups in total. The van der Waals surface area contributed by atoms with E-state index in [4.69, 9.17) is 18.4 Å². The Morgan fingerprint density at radius 1 is 1.27 bits per heavy atom. The van der Waals surface area contributed by atoms with Crippen molar-refractivity contribution in [2.45, 2.75) is 71.5 Å². The first-order valence-corrected chi connectivity index (χ1v) is 17.1. The lowest BCUT2D eigenvalue weighted by molar-refractivity contribution is -0.124. The largest absolute Gasteiger partial charge is 0.543 e. The number of amides is 1. The standard InChI is InChI=1S/C28H43N3O7SSi/c1-11-13-36-27(34)24-18(4)20(35-8)15-21(38-40(9,10)28(6,7)17(2)3)25(24)26(30-22(33)16-32)39-14-12-23-29-19(5)31-37-23/h11,15,17,26,32H,1,12-14,16H2,2-10H3,(H,30,33). The van der Waals surface area contributed by atoms with Gasteiger partial charge in [-0.25, -0.2) is 4.79 Å². The number of methoxy groups -OCH3 is 1.